The molecule has 9 N–H and O–H groups in total. The predicted molar refractivity (Wildman–Crippen MR) is 438 cm³/mol. The van der Waals surface area contributed by atoms with E-state index in [9.17, 15) is 52.7 Å². The van der Waals surface area contributed by atoms with Gasteiger partial charge in [0.15, 0.2) is 0 Å². The van der Waals surface area contributed by atoms with Crippen molar-refractivity contribution in [3.05, 3.63) is 77.9 Å². The summed E-state index contributed by atoms with van der Waals surface area (Å²) in [6.45, 7) is 22.3. The van der Waals surface area contributed by atoms with Crippen LogP contribution < -0.4 is 43.0 Å². The monoisotopic (exact) mass is 1640 g/mol. The van der Waals surface area contributed by atoms with E-state index in [1.165, 1.54) is 22.6 Å². The van der Waals surface area contributed by atoms with Gasteiger partial charge in [-0.2, -0.15) is 0 Å². The Balaban J connectivity index is 1.04. The van der Waals surface area contributed by atoms with E-state index in [2.05, 4.69) is 49.4 Å². The fraction of sp³-hybridized carbons (Fsp3) is 0.683. The van der Waals surface area contributed by atoms with Gasteiger partial charge in [-0.3, -0.25) is 48.1 Å². The SMILES string of the molecule is CC[C@H](C)[C@@H]([C@@H](CC(=O)N1CCC[C@H]1[C@H](OC)[C@@H](C)C(=S)NCCc1ccccc1)OC)N(C)C(=O)[C@@H](NC(=O)[C@H](C(C)C)N(C)C(=O)CCOCCOCCOCCOCCOCCOCCNC(=O)OCc1ccc(NC(=O)[C@H](CCCNC(N)=O)NC(=O)[C@@H](NC(=O)CCCCCN2C(=O)C=CC2=O)C(C)C)cc1)C(C)C. The van der Waals surface area contributed by atoms with Crippen LogP contribution in [0.15, 0.2) is 66.7 Å². The van der Waals surface area contributed by atoms with Crippen molar-refractivity contribution in [3.63, 3.8) is 0 Å². The second-order valence-electron chi connectivity index (χ2n) is 29.9. The lowest BCUT2D eigenvalue weighted by molar-refractivity contribution is -0.148. The van der Waals surface area contributed by atoms with Crippen LogP contribution in [0, 0.1) is 29.6 Å². The molecule has 0 spiro atoms. The van der Waals surface area contributed by atoms with Gasteiger partial charge in [0.05, 0.1) is 121 Å². The molecule has 2 heterocycles. The van der Waals surface area contributed by atoms with Crippen LogP contribution >= 0.6 is 12.2 Å². The van der Waals surface area contributed by atoms with Crippen LogP contribution in [0.1, 0.15) is 144 Å². The van der Waals surface area contributed by atoms with Gasteiger partial charge in [0, 0.05) is 91.2 Å². The van der Waals surface area contributed by atoms with Crippen LogP contribution in [0.2, 0.25) is 0 Å². The number of rotatable bonds is 59. The molecular formula is C82H132N12O20S. The first kappa shape index (κ1) is 99.1. The van der Waals surface area contributed by atoms with Crippen molar-refractivity contribution >= 4 is 88.2 Å². The second kappa shape index (κ2) is 55.4. The lowest BCUT2D eigenvalue weighted by atomic mass is 9.89. The van der Waals surface area contributed by atoms with Gasteiger partial charge < -0.3 is 100 Å². The Morgan fingerprint density at radius 3 is 1.75 bits per heavy atom. The molecular weight excluding hydrogens is 1510 g/mol. The van der Waals surface area contributed by atoms with Crippen molar-refractivity contribution in [3.8, 4) is 0 Å². The first-order valence-corrected chi connectivity index (χ1v) is 40.9. The summed E-state index contributed by atoms with van der Waals surface area (Å²) >= 11 is 5.87. The largest absolute Gasteiger partial charge is 0.445 e. The summed E-state index contributed by atoms with van der Waals surface area (Å²) in [4.78, 5) is 151. The minimum Gasteiger partial charge on any atom is -0.445 e. The number of likely N-dealkylation sites (N-methyl/N-ethyl adjacent to an activating group) is 2. The minimum absolute atomic E-state index is 0.0187. The van der Waals surface area contributed by atoms with E-state index in [-0.39, 0.29) is 169 Å². The molecule has 0 aliphatic carbocycles. The van der Waals surface area contributed by atoms with Gasteiger partial charge >= 0.3 is 12.1 Å². The van der Waals surface area contributed by atoms with Crippen LogP contribution in [0.25, 0.3) is 0 Å². The maximum atomic E-state index is 14.7. The molecule has 115 heavy (non-hydrogen) atoms. The quantitative estimate of drug-likeness (QED) is 0.0227. The van der Waals surface area contributed by atoms with Gasteiger partial charge in [-0.25, -0.2) is 9.59 Å². The summed E-state index contributed by atoms with van der Waals surface area (Å²) in [5, 5.41) is 19.8. The number of amides is 12. The average molecular weight is 1640 g/mol. The van der Waals surface area contributed by atoms with Crippen LogP contribution in [0.3, 0.4) is 0 Å². The highest BCUT2D eigenvalue weighted by Gasteiger charge is 2.43. The topological polar surface area (TPSA) is 394 Å². The van der Waals surface area contributed by atoms with E-state index in [1.807, 2.05) is 71.6 Å². The van der Waals surface area contributed by atoms with Gasteiger partial charge in [0.2, 0.25) is 41.4 Å². The number of hydrogen-bond donors (Lipinski definition) is 8. The van der Waals surface area contributed by atoms with Crippen molar-refractivity contribution in [2.45, 2.75) is 194 Å². The number of nitrogens with zero attached hydrogens (tertiary/aromatic N) is 4. The zero-order valence-corrected chi connectivity index (χ0v) is 70.8. The van der Waals surface area contributed by atoms with E-state index in [0.29, 0.717) is 101 Å². The number of likely N-dealkylation sites (tertiary alicyclic amines) is 1. The third-order valence-corrected chi connectivity index (χ3v) is 20.8. The van der Waals surface area contributed by atoms with Crippen LogP contribution in [-0.2, 0) is 98.8 Å². The highest BCUT2D eigenvalue weighted by molar-refractivity contribution is 7.80. The normalized spacial score (nSPS) is 15.8. The van der Waals surface area contributed by atoms with Crippen molar-refractivity contribution in [2.75, 3.05) is 146 Å². The van der Waals surface area contributed by atoms with Gasteiger partial charge in [0.1, 0.15) is 30.8 Å². The molecule has 646 valence electrons. The first-order chi connectivity index (χ1) is 55.0. The van der Waals surface area contributed by atoms with Gasteiger partial charge in [-0.1, -0.05) is 130 Å². The minimum atomic E-state index is -1.06. The summed E-state index contributed by atoms with van der Waals surface area (Å²) in [5.74, 6) is -4.61. The van der Waals surface area contributed by atoms with Crippen LogP contribution in [-0.4, -0.2) is 279 Å². The Morgan fingerprint density at radius 2 is 1.19 bits per heavy atom. The van der Waals surface area contributed by atoms with E-state index in [4.69, 9.17) is 60.6 Å². The number of nitrogens with two attached hydrogens (primary N) is 1. The van der Waals surface area contributed by atoms with E-state index in [0.717, 1.165) is 24.2 Å². The zero-order valence-electron chi connectivity index (χ0n) is 70.0. The average Bonchev–Trinajstić information content (AvgIpc) is 1.75. The molecule has 0 saturated carbocycles. The Bertz CT molecular complexity index is 3320. The van der Waals surface area contributed by atoms with Crippen molar-refractivity contribution in [1.82, 2.24) is 51.5 Å². The number of imide groups is 1. The number of carbonyl (C=O) groups excluding carboxylic acids is 11. The maximum absolute atomic E-state index is 14.7. The van der Waals surface area contributed by atoms with E-state index >= 15 is 0 Å². The number of nitrogens with one attached hydrogen (secondary N) is 7. The van der Waals surface area contributed by atoms with Gasteiger partial charge in [-0.05, 0) is 91.9 Å². The molecule has 32 nitrogen and oxygen atoms in total. The molecule has 0 aromatic heterocycles. The molecule has 2 aromatic carbocycles. The number of anilines is 1. The number of methoxy groups -OCH3 is 2. The third kappa shape index (κ3) is 36.4. The highest BCUT2D eigenvalue weighted by atomic mass is 32.1. The number of primary amides is 1. The number of thiocarbonyl (C=S) groups is 1. The Labute approximate surface area is 685 Å². The molecule has 1 fully saturated rings. The number of hydrogen-bond acceptors (Lipinski definition) is 21. The van der Waals surface area contributed by atoms with Crippen molar-refractivity contribution in [1.29, 1.82) is 0 Å². The number of benzene rings is 2. The predicted octanol–water partition coefficient (Wildman–Crippen LogP) is 5.60. The number of urea groups is 1. The summed E-state index contributed by atoms with van der Waals surface area (Å²) in [6.07, 6.45) is 5.99. The zero-order chi connectivity index (χ0) is 84.8. The summed E-state index contributed by atoms with van der Waals surface area (Å²) in [5.41, 5.74) is 7.44. The smallest absolute Gasteiger partial charge is 0.407 e. The van der Waals surface area contributed by atoms with Crippen LogP contribution in [0.5, 0.6) is 0 Å². The van der Waals surface area contributed by atoms with Gasteiger partial charge in [0.25, 0.3) is 11.8 Å². The number of alkyl carbamates (subject to hydrolysis) is 1. The summed E-state index contributed by atoms with van der Waals surface area (Å²) in [6, 6.07) is 11.4. The molecule has 2 aromatic rings. The highest BCUT2D eigenvalue weighted by Crippen LogP contribution is 2.30. The Hall–Kier alpha value is -8.28. The third-order valence-electron chi connectivity index (χ3n) is 20.2. The number of unbranched alkanes of at least 4 members (excludes halogenated alkanes) is 2. The molecule has 1 saturated heterocycles. The standard InChI is InChI=1S/C82H132N12O20S/c1-14-58(8)74(65(106-12)53-70(99)93-40-22-26-64(93)75(107-13)59(9)79(115)84-37-34-60-23-17-15-18-24-60)92(11)80(103)72(56(4)5)90-78(102)73(57(6)7)91(10)67(96)35-41-108-43-45-110-47-49-112-51-52-113-50-48-111-46-44-109-42-38-86-82(105)114-54-61-28-30-62(31-29-61)87-76(100)63(25-21-36-85-81(83)104)88-77(101)71(55(2)3)89-66(95)27-19-16-20-39-94-68(97)32-33-69(94)98/h15,17-18,23-24,28-33,55-59,63-65,71-75H,14,16,19-22,25-27,34-54H2,1-13H3,(H,84,115)(H,86,105)(H,87,100)(H,88,101)(H,89,95)(H,90,102)(H3,83,85,104)/t58-,59+,63-,64-,65+,71-,72-,73-,74-,75+/m0/s1. The Kier molecular flexibility index (Phi) is 47.7. The summed E-state index contributed by atoms with van der Waals surface area (Å²) < 4.78 is 51.2. The maximum Gasteiger partial charge on any atom is 0.407 e. The molecule has 0 bridgehead atoms. The first-order valence-electron chi connectivity index (χ1n) is 40.5. The molecule has 4 rings (SSSR count). The van der Waals surface area contributed by atoms with E-state index < -0.39 is 66.2 Å². The molecule has 12 amide bonds. The molecule has 2 aliphatic rings. The molecule has 0 radical (unpaired) electrons. The fourth-order valence-corrected chi connectivity index (χ4v) is 13.8. The summed E-state index contributed by atoms with van der Waals surface area (Å²) in [7, 11) is 6.52. The molecule has 33 heteroatoms. The Morgan fingerprint density at radius 1 is 0.600 bits per heavy atom. The van der Waals surface area contributed by atoms with Crippen LogP contribution in [0.4, 0.5) is 15.3 Å². The molecule has 10 atom stereocenters. The van der Waals surface area contributed by atoms with Crippen molar-refractivity contribution in [2.24, 2.45) is 35.3 Å². The lowest BCUT2D eigenvalue weighted by Crippen LogP contribution is -2.60. The van der Waals surface area contributed by atoms with Crippen molar-refractivity contribution < 1.29 is 95.4 Å². The number of ether oxygens (including phenoxy) is 9. The second-order valence-corrected chi connectivity index (χ2v) is 30.3. The molecule has 2 aliphatic heterocycles. The number of carbonyl (C=O) groups is 11. The lowest BCUT2D eigenvalue weighted by Gasteiger charge is -2.41. The fourth-order valence-electron chi connectivity index (χ4n) is 13.6. The molecule has 0 unspecified atom stereocenters. The van der Waals surface area contributed by atoms with E-state index in [1.54, 1.807) is 71.3 Å². The van der Waals surface area contributed by atoms with Gasteiger partial charge in [-0.15, -0.1) is 0 Å².